The molecule has 2 aliphatic carbocycles. The number of imidazole rings is 2. The van der Waals surface area contributed by atoms with E-state index in [4.69, 9.17) is 32.3 Å². The quantitative estimate of drug-likeness (QED) is 0.0584. The fraction of sp³-hybridized carbons (Fsp3) is 0.506. The number of aromatic nitrogens is 6. The average Bonchev–Trinajstić information content (AvgIpc) is 1.56. The second-order valence-corrected chi connectivity index (χ2v) is 33.1. The number of hydrogen-bond acceptors (Lipinski definition) is 14. The van der Waals surface area contributed by atoms with Crippen LogP contribution < -0.4 is 31.5 Å². The molecule has 8 aliphatic rings. The largest absolute Gasteiger partial charge is 0.399 e. The fourth-order valence-corrected chi connectivity index (χ4v) is 18.3. The van der Waals surface area contributed by atoms with Crippen molar-refractivity contribution in [3.63, 3.8) is 0 Å². The molecule has 570 valence electrons. The van der Waals surface area contributed by atoms with E-state index in [1.54, 1.807) is 26.0 Å². The predicted molar refractivity (Wildman–Crippen MR) is 428 cm³/mol. The van der Waals surface area contributed by atoms with Crippen LogP contribution >= 0.6 is 11.6 Å². The molecule has 4 saturated heterocycles. The summed E-state index contributed by atoms with van der Waals surface area (Å²) < 4.78 is 4.16. The van der Waals surface area contributed by atoms with Crippen molar-refractivity contribution in [3.05, 3.63) is 136 Å². The molecule has 0 bridgehead atoms. The van der Waals surface area contributed by atoms with E-state index in [1.165, 1.54) is 45.2 Å². The molecule has 0 unspecified atom stereocenters. The van der Waals surface area contributed by atoms with E-state index in [0.717, 1.165) is 123 Å². The highest BCUT2D eigenvalue weighted by molar-refractivity contribution is 6.34. The van der Waals surface area contributed by atoms with E-state index in [2.05, 4.69) is 109 Å². The van der Waals surface area contributed by atoms with E-state index in [-0.39, 0.29) is 71.7 Å². The summed E-state index contributed by atoms with van der Waals surface area (Å²) in [6, 6.07) is 30.0. The fourth-order valence-electron chi connectivity index (χ4n) is 18.0. The van der Waals surface area contributed by atoms with Crippen LogP contribution in [0.4, 0.5) is 28.6 Å². The minimum absolute atomic E-state index is 0.0223. The number of carbonyl (C=O) groups is 6. The standard InChI is InChI=1S/C43H54N8O3.C31H37ClN6O2.C11H16N2O/c1-26(2)45-41(53)34-21-31(12-10-28(34)5)46-40-39-37(44-25-50(39)27(3)4)24-36(47-40)30-11-13-35-38(20-30)51(33-22-32(23-33)49-16-8-7-9-17-49)42(54)43(35)14-18-48(19-15-43)29(6)52;1-19(2)37-18-33-26-17-25(34-29(32)28(26)37)21-6-7-24-27(14-21)38(23-15-22(16-23)36-10-4-5-11-36)30(40)31(24)8-12-35(13-9-31)20(3)39;1-7(2)13-11(14)10-6-9(12)5-4-8(10)3/h10-13,20-21,24-27,32-33H,7-9,14-19,22-23H2,1-6H3,(H,45,53)(H,46,47);6-7,14,17-19,22-23H,4-5,8-13,15-16H2,1-3H3;4-7H,12H2,1-3H3,(H,13,14). The number of nitrogens with zero attached hydrogens (tertiary/aromatic N) is 12. The lowest BCUT2D eigenvalue weighted by molar-refractivity contribution is -0.134. The highest BCUT2D eigenvalue weighted by Crippen LogP contribution is 2.55. The molecule has 10 heterocycles. The average molecular weight is 1480 g/mol. The normalized spacial score (nSPS) is 21.0. The summed E-state index contributed by atoms with van der Waals surface area (Å²) in [5.41, 5.74) is 19.8. The van der Waals surface area contributed by atoms with Gasteiger partial charge >= 0.3 is 0 Å². The summed E-state index contributed by atoms with van der Waals surface area (Å²) in [7, 11) is 0. The van der Waals surface area contributed by atoms with Crippen molar-refractivity contribution in [2.45, 2.75) is 226 Å². The molecule has 8 aromatic rings. The van der Waals surface area contributed by atoms with Crippen LogP contribution in [-0.4, -0.2) is 173 Å². The van der Waals surface area contributed by atoms with Crippen molar-refractivity contribution >= 4 is 97.7 Å². The van der Waals surface area contributed by atoms with Gasteiger partial charge in [-0.05, 0) is 243 Å². The lowest BCUT2D eigenvalue weighted by Gasteiger charge is -2.48. The molecule has 5 N–H and O–H groups in total. The number of piperidine rings is 3. The van der Waals surface area contributed by atoms with Gasteiger partial charge in [0.1, 0.15) is 11.0 Å². The lowest BCUT2D eigenvalue weighted by Crippen LogP contribution is -2.58. The molecule has 6 fully saturated rings. The maximum absolute atomic E-state index is 14.8. The Morgan fingerprint density at radius 3 is 1.39 bits per heavy atom. The number of carbonyl (C=O) groups excluding carboxylic acids is 6. The number of pyridine rings is 2. The van der Waals surface area contributed by atoms with Crippen LogP contribution in [0.1, 0.15) is 208 Å². The van der Waals surface area contributed by atoms with E-state index in [1.807, 2.05) is 105 Å². The number of nitrogens with one attached hydrogen (secondary N) is 3. The molecule has 16 rings (SSSR count). The predicted octanol–water partition coefficient (Wildman–Crippen LogP) is 14.0. The van der Waals surface area contributed by atoms with Crippen LogP contribution in [0.3, 0.4) is 0 Å². The van der Waals surface area contributed by atoms with Crippen LogP contribution in [0.25, 0.3) is 44.6 Å². The molecule has 6 aliphatic heterocycles. The van der Waals surface area contributed by atoms with Crippen LogP contribution in [0.5, 0.6) is 0 Å². The number of aryl methyl sites for hydroxylation is 2. The Labute approximate surface area is 639 Å². The van der Waals surface area contributed by atoms with Gasteiger partial charge < -0.3 is 60.2 Å². The first kappa shape index (κ1) is 75.6. The zero-order valence-corrected chi connectivity index (χ0v) is 65.7. The summed E-state index contributed by atoms with van der Waals surface area (Å²) in [4.78, 5) is 111. The van der Waals surface area contributed by atoms with E-state index < -0.39 is 10.8 Å². The van der Waals surface area contributed by atoms with Crippen molar-refractivity contribution in [1.29, 1.82) is 0 Å². The number of halogens is 1. The maximum atomic E-state index is 14.8. The minimum Gasteiger partial charge on any atom is -0.399 e. The van der Waals surface area contributed by atoms with E-state index in [0.29, 0.717) is 91.7 Å². The van der Waals surface area contributed by atoms with Crippen molar-refractivity contribution in [2.24, 2.45) is 0 Å². The number of rotatable bonds is 14. The van der Waals surface area contributed by atoms with Gasteiger partial charge in [-0.2, -0.15) is 0 Å². The summed E-state index contributed by atoms with van der Waals surface area (Å²) in [5.74, 6) is 1.03. The summed E-state index contributed by atoms with van der Waals surface area (Å²) >= 11 is 6.71. The van der Waals surface area contributed by atoms with E-state index >= 15 is 0 Å². The van der Waals surface area contributed by atoms with Gasteiger partial charge in [-0.3, -0.25) is 28.8 Å². The molecule has 6 amide bonds. The Kier molecular flexibility index (Phi) is 21.5. The molecule has 23 heteroatoms. The number of anilines is 5. The van der Waals surface area contributed by atoms with Gasteiger partial charge in [0.2, 0.25) is 23.6 Å². The third kappa shape index (κ3) is 14.5. The number of fused-ring (bicyclic) bond motifs is 6. The van der Waals surface area contributed by atoms with Crippen molar-refractivity contribution in [3.8, 4) is 22.5 Å². The lowest BCUT2D eigenvalue weighted by atomic mass is 9.73. The zero-order chi connectivity index (χ0) is 76.4. The van der Waals surface area contributed by atoms with Crippen LogP contribution in [0.2, 0.25) is 5.15 Å². The van der Waals surface area contributed by atoms with Crippen LogP contribution in [-0.2, 0) is 30.0 Å². The summed E-state index contributed by atoms with van der Waals surface area (Å²) in [5, 5.41) is 9.85. The van der Waals surface area contributed by atoms with Crippen molar-refractivity contribution in [1.82, 2.24) is 59.3 Å². The Morgan fingerprint density at radius 1 is 0.509 bits per heavy atom. The number of likely N-dealkylation sites (tertiary alicyclic amines) is 4. The number of benzene rings is 4. The molecule has 0 radical (unpaired) electrons. The third-order valence-electron chi connectivity index (χ3n) is 24.3. The molecular formula is C85H107ClN16O6. The molecule has 2 saturated carbocycles. The van der Waals surface area contributed by atoms with Gasteiger partial charge in [0.15, 0.2) is 11.0 Å². The van der Waals surface area contributed by atoms with Gasteiger partial charge in [-0.25, -0.2) is 19.9 Å². The van der Waals surface area contributed by atoms with Gasteiger partial charge in [-0.1, -0.05) is 54.4 Å². The zero-order valence-electron chi connectivity index (χ0n) is 65.0. The first-order valence-electron chi connectivity index (χ1n) is 39.4. The smallest absolute Gasteiger partial charge is 0.251 e. The molecule has 4 aromatic carbocycles. The molecule has 4 aromatic heterocycles. The van der Waals surface area contributed by atoms with E-state index in [9.17, 15) is 28.8 Å². The SMILES string of the molecule is CC(=O)N1CCC2(CC1)C(=O)N(C1CC(N3CCCC3)C1)c1cc(-c3cc4ncn(C(C)C)c4c(Cl)n3)ccc12.CC(=O)N1CCC2(CC1)C(=O)N(C1CC(N3CCCCC3)C1)c1cc(-c3cc4ncn(C(C)C)c4c(Nc4ccc(C)c(C(=O)NC(C)C)c4)n3)ccc12.Cc1ccc(N)cc1C(=O)NC(C)C. The van der Waals surface area contributed by atoms with Crippen molar-refractivity contribution in [2.75, 3.05) is 73.2 Å². The van der Waals surface area contributed by atoms with Gasteiger partial charge in [0, 0.05) is 133 Å². The number of nitrogens with two attached hydrogens (primary N) is 1. The number of nitrogen functional groups attached to an aromatic ring is 1. The molecule has 108 heavy (non-hydrogen) atoms. The highest BCUT2D eigenvalue weighted by Gasteiger charge is 2.58. The van der Waals surface area contributed by atoms with Gasteiger partial charge in [0.05, 0.1) is 45.9 Å². The molecule has 0 atom stereocenters. The number of amides is 6. The molecule has 2 spiro atoms. The molecule has 22 nitrogen and oxygen atoms in total. The first-order chi connectivity index (χ1) is 51.7. The monoisotopic (exact) mass is 1480 g/mol. The second-order valence-electron chi connectivity index (χ2n) is 32.8. The Morgan fingerprint density at radius 2 is 0.935 bits per heavy atom. The second kappa shape index (κ2) is 30.7. The van der Waals surface area contributed by atoms with Crippen molar-refractivity contribution < 1.29 is 28.8 Å². The number of hydrogen-bond donors (Lipinski definition) is 4. The molecular weight excluding hydrogens is 1380 g/mol. The Hall–Kier alpha value is -9.25. The summed E-state index contributed by atoms with van der Waals surface area (Å²) in [6.45, 7) is 30.4. The Bertz CT molecular complexity index is 4770. The maximum Gasteiger partial charge on any atom is 0.251 e. The first-order valence-corrected chi connectivity index (χ1v) is 39.8. The minimum atomic E-state index is -0.624. The van der Waals surface area contributed by atoms with Crippen LogP contribution in [0.15, 0.2) is 97.6 Å². The topological polar surface area (TPSA) is 245 Å². The van der Waals surface area contributed by atoms with Crippen LogP contribution in [0, 0.1) is 13.8 Å². The van der Waals surface area contributed by atoms with Gasteiger partial charge in [0.25, 0.3) is 11.8 Å². The summed E-state index contributed by atoms with van der Waals surface area (Å²) in [6.07, 6.45) is 16.7. The highest BCUT2D eigenvalue weighted by atomic mass is 35.5. The third-order valence-corrected chi connectivity index (χ3v) is 24.5. The van der Waals surface area contributed by atoms with Gasteiger partial charge in [-0.15, -0.1) is 0 Å². The Balaban J connectivity index is 0.000000158.